The summed E-state index contributed by atoms with van der Waals surface area (Å²) in [5.41, 5.74) is 1.55. The molecule has 6 aromatic rings. The number of nitrogens with zero attached hydrogens (tertiary/aromatic N) is 5. The number of H-pyrrole nitrogens is 1. The molecule has 1 saturated carbocycles. The third-order valence-electron chi connectivity index (χ3n) is 16.4. The molecule has 18 nitrogen and oxygen atoms in total. The number of piperazine rings is 1. The molecule has 1 aliphatic carbocycles. The van der Waals surface area contributed by atoms with Gasteiger partial charge in [0, 0.05) is 108 Å². The summed E-state index contributed by atoms with van der Waals surface area (Å²) < 4.78 is 91.5. The second-order valence-corrected chi connectivity index (χ2v) is 23.2. The van der Waals surface area contributed by atoms with Crippen molar-refractivity contribution in [3.8, 4) is 28.7 Å². The van der Waals surface area contributed by atoms with Gasteiger partial charge in [0.2, 0.25) is 0 Å². The fraction of sp³-hybridized carbons (Fsp3) is 0.439. The molecule has 0 radical (unpaired) electrons. The van der Waals surface area contributed by atoms with Crippen LogP contribution in [0, 0.1) is 21.3 Å². The monoisotopic (exact) mass is 1090 g/mol. The van der Waals surface area contributed by atoms with Crippen molar-refractivity contribution in [2.45, 2.75) is 87.5 Å². The second-order valence-electron chi connectivity index (χ2n) is 21.6. The van der Waals surface area contributed by atoms with Gasteiger partial charge in [0.1, 0.15) is 52.5 Å². The summed E-state index contributed by atoms with van der Waals surface area (Å²) >= 11 is 0. The number of carbonyl (C=O) groups is 1. The predicted molar refractivity (Wildman–Crippen MR) is 289 cm³/mol. The van der Waals surface area contributed by atoms with Gasteiger partial charge in [-0.25, -0.2) is 26.9 Å². The maximum Gasteiger partial charge on any atom is 0.297 e. The van der Waals surface area contributed by atoms with Crippen LogP contribution in [0.3, 0.4) is 0 Å². The highest BCUT2D eigenvalue weighted by atomic mass is 32.2. The number of amides is 1. The molecule has 4 aromatic carbocycles. The molecule has 0 bridgehead atoms. The van der Waals surface area contributed by atoms with Gasteiger partial charge in [-0.15, -0.1) is 0 Å². The Morgan fingerprint density at radius 1 is 0.936 bits per heavy atom. The first-order valence-corrected chi connectivity index (χ1v) is 28.1. The summed E-state index contributed by atoms with van der Waals surface area (Å²) in [6, 6.07) is 24.3. The molecule has 0 unspecified atom stereocenters. The Kier molecular flexibility index (Phi) is 14.7. The SMILES string of the molecule is COc1ccc(CN2CCN(C3CC4(CCN(c5cc(Oc6cnc7[nH]ccc7c6)c(C(=O)NS(=O)(=O)c6cc([N+](=O)[O-])c(NCC7(F)CCOCC7)c7c6OCCO7)cc5F)CC4)C3)[C@H](c3ccccc3C(C)C)C2)cc1. The number of benzene rings is 4. The number of nitro benzene ring substituents is 1. The van der Waals surface area contributed by atoms with Crippen molar-refractivity contribution in [2.75, 3.05) is 83.0 Å². The summed E-state index contributed by atoms with van der Waals surface area (Å²) in [5, 5.41) is 16.0. The Morgan fingerprint density at radius 2 is 1.68 bits per heavy atom. The molecule has 21 heteroatoms. The number of pyridine rings is 1. The van der Waals surface area contributed by atoms with E-state index in [1.807, 2.05) is 21.8 Å². The van der Waals surface area contributed by atoms with Gasteiger partial charge in [-0.05, 0) is 84.0 Å². The molecule has 78 heavy (non-hydrogen) atoms. The Bertz CT molecular complexity index is 3320. The highest BCUT2D eigenvalue weighted by molar-refractivity contribution is 7.90. The van der Waals surface area contributed by atoms with Crippen molar-refractivity contribution in [3.63, 3.8) is 0 Å². The smallest absolute Gasteiger partial charge is 0.297 e. The summed E-state index contributed by atoms with van der Waals surface area (Å²) in [6.45, 7) is 8.96. The predicted octanol–water partition coefficient (Wildman–Crippen LogP) is 9.66. The molecule has 4 aliphatic heterocycles. The minimum absolute atomic E-state index is 0.0394. The Balaban J connectivity index is 0.826. The van der Waals surface area contributed by atoms with Gasteiger partial charge >= 0.3 is 0 Å². The van der Waals surface area contributed by atoms with Crippen LogP contribution in [0.2, 0.25) is 0 Å². The number of halogens is 2. The molecular weight excluding hydrogens is 1030 g/mol. The number of hydrogen-bond acceptors (Lipinski definition) is 15. The normalized spacial score (nSPS) is 19.6. The lowest BCUT2D eigenvalue weighted by Crippen LogP contribution is -2.60. The average Bonchev–Trinajstić information content (AvgIpc) is 4.05. The topological polar surface area (TPSA) is 203 Å². The number of hydrogen-bond donors (Lipinski definition) is 3. The molecule has 1 amide bonds. The molecule has 1 spiro atoms. The van der Waals surface area contributed by atoms with Crippen molar-refractivity contribution in [2.24, 2.45) is 5.41 Å². The number of nitrogens with one attached hydrogen (secondary N) is 3. The third kappa shape index (κ3) is 10.8. The molecule has 6 heterocycles. The number of ether oxygens (including phenoxy) is 5. The fourth-order valence-electron chi connectivity index (χ4n) is 12.1. The van der Waals surface area contributed by atoms with Gasteiger partial charge in [-0.3, -0.25) is 24.7 Å². The largest absolute Gasteiger partial charge is 0.497 e. The second kappa shape index (κ2) is 21.6. The van der Waals surface area contributed by atoms with Gasteiger partial charge in [-0.1, -0.05) is 50.2 Å². The number of nitro groups is 1. The number of anilines is 2. The van der Waals surface area contributed by atoms with E-state index in [-0.39, 0.29) is 85.9 Å². The molecule has 3 saturated heterocycles. The third-order valence-corrected chi connectivity index (χ3v) is 17.7. The summed E-state index contributed by atoms with van der Waals surface area (Å²) in [4.78, 5) is 39.9. The summed E-state index contributed by atoms with van der Waals surface area (Å²) in [6.07, 6.45) is 6.89. The van der Waals surface area contributed by atoms with Crippen LogP contribution >= 0.6 is 0 Å². The van der Waals surface area contributed by atoms with Crippen LogP contribution in [-0.2, 0) is 21.3 Å². The first-order valence-electron chi connectivity index (χ1n) is 26.7. The van der Waals surface area contributed by atoms with E-state index in [2.05, 4.69) is 75.3 Å². The maximum absolute atomic E-state index is 16.8. The first kappa shape index (κ1) is 53.0. The number of piperidine rings is 1. The van der Waals surface area contributed by atoms with E-state index in [9.17, 15) is 23.3 Å². The lowest BCUT2D eigenvalue weighted by molar-refractivity contribution is -0.384. The van der Waals surface area contributed by atoms with Gasteiger partial charge in [0.25, 0.3) is 21.6 Å². The zero-order valence-electron chi connectivity index (χ0n) is 43.9. The maximum atomic E-state index is 16.8. The molecule has 4 fully saturated rings. The van der Waals surface area contributed by atoms with Gasteiger partial charge in [0.05, 0.1) is 29.5 Å². The number of rotatable bonds is 16. The van der Waals surface area contributed by atoms with E-state index < -0.39 is 54.2 Å². The zero-order chi connectivity index (χ0) is 54.3. The number of fused-ring (bicyclic) bond motifs is 2. The Hall–Kier alpha value is -7.07. The van der Waals surface area contributed by atoms with Crippen LogP contribution in [0.5, 0.6) is 28.7 Å². The number of aromatic amines is 1. The molecule has 3 N–H and O–H groups in total. The van der Waals surface area contributed by atoms with Crippen molar-refractivity contribution >= 4 is 44.0 Å². The van der Waals surface area contributed by atoms with Gasteiger partial charge in [-0.2, -0.15) is 0 Å². The molecule has 1 atom stereocenters. The number of aromatic nitrogens is 2. The Morgan fingerprint density at radius 3 is 2.41 bits per heavy atom. The Labute approximate surface area is 451 Å². The fourth-order valence-corrected chi connectivity index (χ4v) is 13.2. The molecule has 5 aliphatic rings. The van der Waals surface area contributed by atoms with Crippen LogP contribution in [0.15, 0.2) is 96.2 Å². The lowest BCUT2D eigenvalue weighted by Gasteiger charge is -2.58. The van der Waals surface area contributed by atoms with E-state index in [0.717, 1.165) is 69.7 Å². The van der Waals surface area contributed by atoms with Crippen LogP contribution in [-0.4, -0.2) is 124 Å². The highest BCUT2D eigenvalue weighted by Gasteiger charge is 2.50. The number of carbonyl (C=O) groups excluding carboxylic acids is 1. The van der Waals surface area contributed by atoms with E-state index in [1.165, 1.54) is 29.0 Å². The average molecular weight is 1090 g/mol. The number of methoxy groups -OCH3 is 1. The van der Waals surface area contributed by atoms with Crippen LogP contribution in [0.4, 0.5) is 25.8 Å². The summed E-state index contributed by atoms with van der Waals surface area (Å²) in [5.74, 6) is -1.56. The highest BCUT2D eigenvalue weighted by Crippen LogP contribution is 2.54. The van der Waals surface area contributed by atoms with E-state index in [4.69, 9.17) is 23.7 Å². The molecule has 11 rings (SSSR count). The molecule has 412 valence electrons. The van der Waals surface area contributed by atoms with Crippen molar-refractivity contribution < 1.29 is 50.6 Å². The minimum atomic E-state index is -5.03. The number of alkyl halides is 1. The minimum Gasteiger partial charge on any atom is -0.497 e. The first-order chi connectivity index (χ1) is 37.6. The standard InChI is InChI=1S/C57H64F2N8O10S/c1-36(2)42-6-4-5-7-43(42)48-34-64(33-37-8-10-40(73-3)11-9-37)20-21-66(48)39-30-56(31-39)13-18-65(19-14-56)46-28-49(77-41-26-38-12-17-60-54(38)61-32-41)44(27-45(46)58)55(68)63-78(71,72)50-29-47(67(69)70)51(53-52(50)75-24-25-76-53)62-35-57(59)15-22-74-23-16-57/h4-12,17,26-29,32,36,39,48,62H,13-16,18-25,30-31,33-35H2,1-3H3,(H,60,61)(H,63,68)/t48-/m0/s1. The number of sulfonamides is 1. The van der Waals surface area contributed by atoms with Crippen LogP contribution in [0.25, 0.3) is 11.0 Å². The van der Waals surface area contributed by atoms with E-state index in [1.54, 1.807) is 25.4 Å². The molecular formula is C57H64F2N8O10S. The quantitative estimate of drug-likeness (QED) is 0.0610. The lowest BCUT2D eigenvalue weighted by atomic mass is 9.59. The van der Waals surface area contributed by atoms with Crippen molar-refractivity contribution in [1.82, 2.24) is 24.5 Å². The van der Waals surface area contributed by atoms with Crippen molar-refractivity contribution in [3.05, 3.63) is 129 Å². The van der Waals surface area contributed by atoms with Crippen molar-refractivity contribution in [1.29, 1.82) is 0 Å². The van der Waals surface area contributed by atoms with E-state index >= 15 is 8.78 Å². The van der Waals surface area contributed by atoms with E-state index in [0.29, 0.717) is 36.1 Å². The van der Waals surface area contributed by atoms with Crippen LogP contribution in [0.1, 0.15) is 91.4 Å². The van der Waals surface area contributed by atoms with Gasteiger partial charge in [0.15, 0.2) is 17.2 Å². The van der Waals surface area contributed by atoms with Crippen LogP contribution < -0.4 is 33.9 Å². The molecule has 2 aromatic heterocycles. The van der Waals surface area contributed by atoms with Gasteiger partial charge < -0.3 is 38.9 Å². The zero-order valence-corrected chi connectivity index (χ0v) is 44.7. The summed E-state index contributed by atoms with van der Waals surface area (Å²) in [7, 11) is -3.35.